The van der Waals surface area contributed by atoms with Crippen LogP contribution in [-0.2, 0) is 13.2 Å². The fraction of sp³-hybridized carbons (Fsp3) is 0.190. The molecule has 0 aliphatic heterocycles. The molecule has 3 aromatic heterocycles. The third-order valence-electron chi connectivity index (χ3n) is 4.84. The van der Waals surface area contributed by atoms with Gasteiger partial charge in [0.25, 0.3) is 5.91 Å². The number of nitrogens with zero attached hydrogens (tertiary/aromatic N) is 5. The summed E-state index contributed by atoms with van der Waals surface area (Å²) in [7, 11) is 1.68. The van der Waals surface area contributed by atoms with Crippen LogP contribution in [0.15, 0.2) is 42.7 Å². The van der Waals surface area contributed by atoms with E-state index in [1.807, 2.05) is 19.9 Å². The first-order valence-electron chi connectivity index (χ1n) is 9.25. The molecular formula is C21H17F3N6O. The molecule has 0 saturated heterocycles. The molecule has 158 valence electrons. The van der Waals surface area contributed by atoms with E-state index in [1.54, 1.807) is 25.4 Å². The Morgan fingerprint density at radius 2 is 1.81 bits per heavy atom. The Kier molecular flexibility index (Phi) is 4.92. The van der Waals surface area contributed by atoms with Crippen LogP contribution in [0.25, 0.3) is 22.4 Å². The van der Waals surface area contributed by atoms with Crippen molar-refractivity contribution in [3.63, 3.8) is 0 Å². The van der Waals surface area contributed by atoms with E-state index in [4.69, 9.17) is 0 Å². The molecule has 0 spiro atoms. The number of hydrogen-bond acceptors (Lipinski definition) is 5. The predicted octanol–water partition coefficient (Wildman–Crippen LogP) is 4.31. The molecular weight excluding hydrogens is 409 g/mol. The molecule has 7 nitrogen and oxygen atoms in total. The van der Waals surface area contributed by atoms with Crippen LogP contribution in [0.2, 0.25) is 0 Å². The third-order valence-corrected chi connectivity index (χ3v) is 4.84. The maximum absolute atomic E-state index is 12.9. The first-order valence-corrected chi connectivity index (χ1v) is 9.25. The van der Waals surface area contributed by atoms with Gasteiger partial charge in [0.05, 0.1) is 11.7 Å². The maximum Gasteiger partial charge on any atom is 0.433 e. The molecule has 0 aliphatic rings. The highest BCUT2D eigenvalue weighted by molar-refractivity contribution is 6.03. The van der Waals surface area contributed by atoms with Gasteiger partial charge in [0.15, 0.2) is 5.82 Å². The summed E-state index contributed by atoms with van der Waals surface area (Å²) in [5.41, 5.74) is 2.72. The Balaban J connectivity index is 1.67. The second-order valence-electron chi connectivity index (χ2n) is 7.07. The number of carbonyl (C=O) groups is 1. The molecule has 31 heavy (non-hydrogen) atoms. The summed E-state index contributed by atoms with van der Waals surface area (Å²) in [4.78, 5) is 24.6. The summed E-state index contributed by atoms with van der Waals surface area (Å²) in [6, 6.07) is 7.42. The molecule has 0 atom stereocenters. The molecule has 4 rings (SSSR count). The van der Waals surface area contributed by atoms with Gasteiger partial charge in [0, 0.05) is 24.5 Å². The normalized spacial score (nSPS) is 11.7. The number of benzene rings is 1. The van der Waals surface area contributed by atoms with E-state index < -0.39 is 11.9 Å². The standard InChI is InChI=1S/C21H17F3N6O/c1-11-9-15(29-20(31)17-6-7-26-30(17)3)12(2)8-13(11)19-25-10-16-14(28-19)4-5-18(27-16)21(22,23)24/h4-10H,1-3H3,(H,29,31). The van der Waals surface area contributed by atoms with Crippen LogP contribution in [0.3, 0.4) is 0 Å². The Morgan fingerprint density at radius 1 is 1.03 bits per heavy atom. The van der Waals surface area contributed by atoms with Crippen molar-refractivity contribution in [1.82, 2.24) is 24.7 Å². The van der Waals surface area contributed by atoms with Gasteiger partial charge in [-0.05, 0) is 55.3 Å². The van der Waals surface area contributed by atoms with E-state index in [2.05, 4.69) is 25.4 Å². The van der Waals surface area contributed by atoms with Crippen LogP contribution in [0.1, 0.15) is 27.3 Å². The number of nitrogens with one attached hydrogen (secondary N) is 1. The summed E-state index contributed by atoms with van der Waals surface area (Å²) >= 11 is 0. The molecule has 0 saturated carbocycles. The number of amides is 1. The average molecular weight is 426 g/mol. The van der Waals surface area contributed by atoms with Gasteiger partial charge in [0.1, 0.15) is 16.9 Å². The zero-order chi connectivity index (χ0) is 22.3. The van der Waals surface area contributed by atoms with E-state index in [-0.39, 0.29) is 11.4 Å². The van der Waals surface area contributed by atoms with Gasteiger partial charge in [-0.2, -0.15) is 18.3 Å². The van der Waals surface area contributed by atoms with E-state index in [9.17, 15) is 18.0 Å². The van der Waals surface area contributed by atoms with Crippen LogP contribution in [0.5, 0.6) is 0 Å². The topological polar surface area (TPSA) is 85.6 Å². The quantitative estimate of drug-likeness (QED) is 0.528. The number of alkyl halides is 3. The van der Waals surface area contributed by atoms with Crippen molar-refractivity contribution in [2.45, 2.75) is 20.0 Å². The number of halogens is 3. The van der Waals surface area contributed by atoms with E-state index in [0.717, 1.165) is 17.2 Å². The number of rotatable bonds is 3. The fourth-order valence-electron chi connectivity index (χ4n) is 3.18. The lowest BCUT2D eigenvalue weighted by Crippen LogP contribution is -2.17. The SMILES string of the molecule is Cc1cc(-c2ncc3nc(C(F)(F)F)ccc3n2)c(C)cc1NC(=O)c1ccnn1C. The Hall–Kier alpha value is -3.82. The molecule has 0 unspecified atom stereocenters. The van der Waals surface area contributed by atoms with Crippen LogP contribution in [0, 0.1) is 13.8 Å². The highest BCUT2D eigenvalue weighted by Crippen LogP contribution is 2.30. The lowest BCUT2D eigenvalue weighted by atomic mass is 10.0. The lowest BCUT2D eigenvalue weighted by molar-refractivity contribution is -0.140. The Morgan fingerprint density at radius 3 is 2.48 bits per heavy atom. The number of pyridine rings is 1. The minimum absolute atomic E-state index is 0.0630. The second-order valence-corrected chi connectivity index (χ2v) is 7.07. The van der Waals surface area contributed by atoms with Crippen LogP contribution in [0.4, 0.5) is 18.9 Å². The van der Waals surface area contributed by atoms with Crippen LogP contribution in [-0.4, -0.2) is 30.6 Å². The highest BCUT2D eigenvalue weighted by Gasteiger charge is 2.32. The summed E-state index contributed by atoms with van der Waals surface area (Å²) in [6.45, 7) is 3.67. The molecule has 0 bridgehead atoms. The van der Waals surface area contributed by atoms with Crippen molar-refractivity contribution < 1.29 is 18.0 Å². The van der Waals surface area contributed by atoms with Gasteiger partial charge >= 0.3 is 6.18 Å². The number of aryl methyl sites for hydroxylation is 3. The summed E-state index contributed by atoms with van der Waals surface area (Å²) in [6.07, 6.45) is -1.71. The molecule has 4 aromatic rings. The minimum atomic E-state index is -4.53. The molecule has 0 radical (unpaired) electrons. The predicted molar refractivity (Wildman–Crippen MR) is 108 cm³/mol. The smallest absolute Gasteiger partial charge is 0.320 e. The number of carbonyl (C=O) groups excluding carboxylic acids is 1. The third kappa shape index (κ3) is 3.96. The van der Waals surface area contributed by atoms with Crippen molar-refractivity contribution in [3.05, 3.63) is 65.2 Å². The number of aromatic nitrogens is 5. The zero-order valence-corrected chi connectivity index (χ0v) is 16.8. The van der Waals surface area contributed by atoms with Crippen LogP contribution < -0.4 is 5.32 Å². The summed E-state index contributed by atoms with van der Waals surface area (Å²) < 4.78 is 40.1. The van der Waals surface area contributed by atoms with Gasteiger partial charge in [0.2, 0.25) is 0 Å². The van der Waals surface area contributed by atoms with Gasteiger partial charge < -0.3 is 5.32 Å². The Labute approximate surface area is 175 Å². The molecule has 0 fully saturated rings. The number of fused-ring (bicyclic) bond motifs is 1. The van der Waals surface area contributed by atoms with E-state index >= 15 is 0 Å². The first kappa shape index (κ1) is 20.5. The lowest BCUT2D eigenvalue weighted by Gasteiger charge is -2.13. The van der Waals surface area contributed by atoms with Crippen LogP contribution >= 0.6 is 0 Å². The molecule has 1 amide bonds. The van der Waals surface area contributed by atoms with Crippen molar-refractivity contribution in [2.75, 3.05) is 5.32 Å². The monoisotopic (exact) mass is 426 g/mol. The molecule has 1 N–H and O–H groups in total. The van der Waals surface area contributed by atoms with E-state index in [0.29, 0.717) is 28.3 Å². The molecule has 3 heterocycles. The number of hydrogen-bond donors (Lipinski definition) is 1. The molecule has 0 aliphatic carbocycles. The van der Waals surface area contributed by atoms with Crippen molar-refractivity contribution in [1.29, 1.82) is 0 Å². The van der Waals surface area contributed by atoms with Crippen molar-refractivity contribution in [2.24, 2.45) is 7.05 Å². The largest absolute Gasteiger partial charge is 0.433 e. The van der Waals surface area contributed by atoms with Gasteiger partial charge in [-0.3, -0.25) is 9.48 Å². The zero-order valence-electron chi connectivity index (χ0n) is 16.8. The molecule has 1 aromatic carbocycles. The van der Waals surface area contributed by atoms with Gasteiger partial charge in [-0.1, -0.05) is 0 Å². The fourth-order valence-corrected chi connectivity index (χ4v) is 3.18. The van der Waals surface area contributed by atoms with Gasteiger partial charge in [-0.15, -0.1) is 0 Å². The minimum Gasteiger partial charge on any atom is -0.320 e. The van der Waals surface area contributed by atoms with Crippen molar-refractivity contribution in [3.8, 4) is 11.4 Å². The summed E-state index contributed by atoms with van der Waals surface area (Å²) in [5, 5.41) is 6.85. The summed E-state index contributed by atoms with van der Waals surface area (Å²) in [5.74, 6) is 0.0721. The first-order chi connectivity index (χ1) is 14.6. The molecule has 10 heteroatoms. The van der Waals surface area contributed by atoms with Crippen molar-refractivity contribution >= 4 is 22.6 Å². The van der Waals surface area contributed by atoms with Gasteiger partial charge in [-0.25, -0.2) is 15.0 Å². The van der Waals surface area contributed by atoms with E-state index in [1.165, 1.54) is 16.9 Å². The number of anilines is 1. The highest BCUT2D eigenvalue weighted by atomic mass is 19.4. The second kappa shape index (κ2) is 7.46. The maximum atomic E-state index is 12.9. The Bertz CT molecular complexity index is 1310. The average Bonchev–Trinajstić information content (AvgIpc) is 3.15.